The normalized spacial score (nSPS) is 21.8. The van der Waals surface area contributed by atoms with E-state index in [4.69, 9.17) is 5.73 Å². The number of amides is 1. The van der Waals surface area contributed by atoms with Crippen LogP contribution in [0.4, 0.5) is 0 Å². The molecule has 0 bridgehead atoms. The molecule has 1 saturated heterocycles. The molecule has 0 spiro atoms. The van der Waals surface area contributed by atoms with Crippen molar-refractivity contribution in [3.63, 3.8) is 0 Å². The molecular weight excluding hydrogens is 178 g/mol. The molecule has 0 radical (unpaired) electrons. The van der Waals surface area contributed by atoms with Gasteiger partial charge in [-0.3, -0.25) is 9.69 Å². The lowest BCUT2D eigenvalue weighted by molar-refractivity contribution is -0.137. The van der Waals surface area contributed by atoms with Crippen molar-refractivity contribution in [1.29, 1.82) is 0 Å². The first-order chi connectivity index (χ1) is 6.50. The first-order valence-electron chi connectivity index (χ1n) is 5.28. The van der Waals surface area contributed by atoms with Crippen LogP contribution in [0.25, 0.3) is 0 Å². The van der Waals surface area contributed by atoms with Crippen molar-refractivity contribution in [2.45, 2.75) is 32.9 Å². The fourth-order valence-corrected chi connectivity index (χ4v) is 1.84. The summed E-state index contributed by atoms with van der Waals surface area (Å²) < 4.78 is 0. The highest BCUT2D eigenvalue weighted by atomic mass is 16.2. The molecule has 0 saturated carbocycles. The lowest BCUT2D eigenvalue weighted by Gasteiger charge is -2.37. The van der Waals surface area contributed by atoms with Gasteiger partial charge in [-0.2, -0.15) is 0 Å². The summed E-state index contributed by atoms with van der Waals surface area (Å²) in [5.41, 5.74) is 5.70. The second-order valence-electron chi connectivity index (χ2n) is 4.39. The fraction of sp³-hybridized carbons (Fsp3) is 0.900. The molecule has 4 heteroatoms. The maximum absolute atomic E-state index is 11.7. The minimum Gasteiger partial charge on any atom is -0.338 e. The van der Waals surface area contributed by atoms with Crippen LogP contribution in [-0.4, -0.2) is 54.0 Å². The topological polar surface area (TPSA) is 49.6 Å². The zero-order chi connectivity index (χ0) is 10.7. The number of rotatable bonds is 3. The van der Waals surface area contributed by atoms with Gasteiger partial charge >= 0.3 is 0 Å². The molecule has 0 aromatic rings. The molecular formula is C10H21N3O. The fourth-order valence-electron chi connectivity index (χ4n) is 1.84. The monoisotopic (exact) mass is 199 g/mol. The van der Waals surface area contributed by atoms with E-state index in [0.717, 1.165) is 19.6 Å². The molecule has 1 heterocycles. The van der Waals surface area contributed by atoms with E-state index in [1.54, 1.807) is 0 Å². The van der Waals surface area contributed by atoms with Gasteiger partial charge in [0, 0.05) is 31.7 Å². The number of piperazine rings is 1. The zero-order valence-corrected chi connectivity index (χ0v) is 9.36. The molecule has 1 unspecified atom stereocenters. The molecule has 1 aliphatic heterocycles. The van der Waals surface area contributed by atoms with Crippen LogP contribution in [0.1, 0.15) is 20.8 Å². The van der Waals surface area contributed by atoms with Gasteiger partial charge in [0.15, 0.2) is 0 Å². The summed E-state index contributed by atoms with van der Waals surface area (Å²) in [4.78, 5) is 15.7. The number of carbonyl (C=O) groups excluding carboxylic acids is 1. The Labute approximate surface area is 86.0 Å². The maximum atomic E-state index is 11.7. The summed E-state index contributed by atoms with van der Waals surface area (Å²) in [5, 5.41) is 0. The van der Waals surface area contributed by atoms with Crippen LogP contribution < -0.4 is 5.73 Å². The second-order valence-corrected chi connectivity index (χ2v) is 4.39. The predicted octanol–water partition coefficient (Wildman–Crippen LogP) is -0.114. The average molecular weight is 199 g/mol. The highest BCUT2D eigenvalue weighted by Gasteiger charge is 2.25. The Morgan fingerprint density at radius 2 is 2.00 bits per heavy atom. The van der Waals surface area contributed by atoms with Crippen molar-refractivity contribution < 1.29 is 4.79 Å². The molecule has 1 amide bonds. The van der Waals surface area contributed by atoms with E-state index >= 15 is 0 Å². The number of carbonyl (C=O) groups is 1. The summed E-state index contributed by atoms with van der Waals surface area (Å²) in [6, 6.07) is 0.466. The Morgan fingerprint density at radius 1 is 1.36 bits per heavy atom. The summed E-state index contributed by atoms with van der Waals surface area (Å²) >= 11 is 0. The molecule has 2 N–H and O–H groups in total. The standard InChI is InChI=1S/C10H21N3O/c1-8(2)13-5-4-12(6-9(3)11)7-10(13)14/h8-9H,4-7,11H2,1-3H3. The molecule has 0 aliphatic carbocycles. The van der Waals surface area contributed by atoms with Crippen molar-refractivity contribution >= 4 is 5.91 Å². The second kappa shape index (κ2) is 4.75. The SMILES string of the molecule is CC(N)CN1CCN(C(C)C)C(=O)C1. The smallest absolute Gasteiger partial charge is 0.237 e. The van der Waals surface area contributed by atoms with Crippen molar-refractivity contribution in [2.24, 2.45) is 5.73 Å². The summed E-state index contributed by atoms with van der Waals surface area (Å²) in [6.45, 7) is 9.21. The van der Waals surface area contributed by atoms with Gasteiger partial charge in [0.2, 0.25) is 5.91 Å². The van der Waals surface area contributed by atoms with E-state index in [1.807, 2.05) is 11.8 Å². The van der Waals surface area contributed by atoms with E-state index in [0.29, 0.717) is 12.6 Å². The van der Waals surface area contributed by atoms with Crippen molar-refractivity contribution in [3.05, 3.63) is 0 Å². The maximum Gasteiger partial charge on any atom is 0.237 e. The Balaban J connectivity index is 2.43. The predicted molar refractivity (Wildman–Crippen MR) is 56.9 cm³/mol. The van der Waals surface area contributed by atoms with Gasteiger partial charge in [-0.15, -0.1) is 0 Å². The van der Waals surface area contributed by atoms with Gasteiger partial charge < -0.3 is 10.6 Å². The van der Waals surface area contributed by atoms with Crippen molar-refractivity contribution in [3.8, 4) is 0 Å². The van der Waals surface area contributed by atoms with Crippen LogP contribution in [0.5, 0.6) is 0 Å². The summed E-state index contributed by atoms with van der Waals surface area (Å²) in [7, 11) is 0. The van der Waals surface area contributed by atoms with Crippen LogP contribution in [0.15, 0.2) is 0 Å². The molecule has 4 nitrogen and oxygen atoms in total. The largest absolute Gasteiger partial charge is 0.338 e. The minimum absolute atomic E-state index is 0.147. The summed E-state index contributed by atoms with van der Waals surface area (Å²) in [6.07, 6.45) is 0. The molecule has 14 heavy (non-hydrogen) atoms. The van der Waals surface area contributed by atoms with E-state index in [-0.39, 0.29) is 11.9 Å². The van der Waals surface area contributed by atoms with Gasteiger partial charge in [0.25, 0.3) is 0 Å². The lowest BCUT2D eigenvalue weighted by Crippen LogP contribution is -2.54. The highest BCUT2D eigenvalue weighted by Crippen LogP contribution is 2.07. The third kappa shape index (κ3) is 2.96. The Bertz CT molecular complexity index is 204. The first kappa shape index (κ1) is 11.5. The highest BCUT2D eigenvalue weighted by molar-refractivity contribution is 5.79. The Kier molecular flexibility index (Phi) is 3.89. The van der Waals surface area contributed by atoms with E-state index in [9.17, 15) is 4.79 Å². The number of nitrogens with zero attached hydrogens (tertiary/aromatic N) is 2. The molecule has 1 aliphatic rings. The van der Waals surface area contributed by atoms with Gasteiger partial charge in [-0.05, 0) is 20.8 Å². The lowest BCUT2D eigenvalue weighted by atomic mass is 10.2. The molecule has 0 aromatic heterocycles. The minimum atomic E-state index is 0.147. The van der Waals surface area contributed by atoms with Crippen LogP contribution in [-0.2, 0) is 4.79 Å². The van der Waals surface area contributed by atoms with Gasteiger partial charge in [0.05, 0.1) is 6.54 Å². The van der Waals surface area contributed by atoms with Crippen LogP contribution in [0.2, 0.25) is 0 Å². The first-order valence-corrected chi connectivity index (χ1v) is 5.28. The Hall–Kier alpha value is -0.610. The van der Waals surface area contributed by atoms with E-state index in [1.165, 1.54) is 0 Å². The zero-order valence-electron chi connectivity index (χ0n) is 9.36. The van der Waals surface area contributed by atoms with Crippen LogP contribution >= 0.6 is 0 Å². The van der Waals surface area contributed by atoms with Gasteiger partial charge in [-0.1, -0.05) is 0 Å². The summed E-state index contributed by atoms with van der Waals surface area (Å²) in [5.74, 6) is 0.229. The number of nitrogens with two attached hydrogens (primary N) is 1. The Morgan fingerprint density at radius 3 is 2.43 bits per heavy atom. The van der Waals surface area contributed by atoms with Gasteiger partial charge in [-0.25, -0.2) is 0 Å². The van der Waals surface area contributed by atoms with E-state index in [2.05, 4.69) is 18.7 Å². The number of hydrogen-bond acceptors (Lipinski definition) is 3. The molecule has 1 fully saturated rings. The molecule has 1 atom stereocenters. The molecule has 1 rings (SSSR count). The van der Waals surface area contributed by atoms with Crippen LogP contribution in [0.3, 0.4) is 0 Å². The average Bonchev–Trinajstić information content (AvgIpc) is 2.01. The molecule has 0 aromatic carbocycles. The third-order valence-corrected chi connectivity index (χ3v) is 2.51. The molecule has 82 valence electrons. The van der Waals surface area contributed by atoms with Crippen LogP contribution in [0, 0.1) is 0 Å². The quantitative estimate of drug-likeness (QED) is 0.690. The number of hydrogen-bond donors (Lipinski definition) is 1. The van der Waals surface area contributed by atoms with Crippen molar-refractivity contribution in [1.82, 2.24) is 9.80 Å². The third-order valence-electron chi connectivity index (χ3n) is 2.51. The van der Waals surface area contributed by atoms with Gasteiger partial charge in [0.1, 0.15) is 0 Å². The van der Waals surface area contributed by atoms with E-state index < -0.39 is 0 Å². The van der Waals surface area contributed by atoms with Crippen molar-refractivity contribution in [2.75, 3.05) is 26.2 Å².